The SMILES string of the molecule is CC(N)CN1Cc2ccc(F)cc2C[C@H]1Cc1ccc(F)cc1. The maximum absolute atomic E-state index is 13.5. The highest BCUT2D eigenvalue weighted by atomic mass is 19.1. The van der Waals surface area contributed by atoms with Crippen molar-refractivity contribution in [1.82, 2.24) is 4.90 Å². The van der Waals surface area contributed by atoms with Crippen LogP contribution in [0.15, 0.2) is 42.5 Å². The Bertz CT molecular complexity index is 668. The van der Waals surface area contributed by atoms with E-state index in [1.165, 1.54) is 23.8 Å². The molecule has 1 aliphatic heterocycles. The number of halogens is 2. The quantitative estimate of drug-likeness (QED) is 0.938. The first-order valence-corrected chi connectivity index (χ1v) is 8.02. The van der Waals surface area contributed by atoms with Crippen LogP contribution in [0.3, 0.4) is 0 Å². The molecule has 23 heavy (non-hydrogen) atoms. The highest BCUT2D eigenvalue weighted by molar-refractivity contribution is 5.32. The minimum atomic E-state index is -0.225. The van der Waals surface area contributed by atoms with E-state index in [0.29, 0.717) is 0 Å². The third kappa shape index (κ3) is 3.95. The molecule has 0 bridgehead atoms. The van der Waals surface area contributed by atoms with Crippen LogP contribution in [0.5, 0.6) is 0 Å². The number of nitrogens with two attached hydrogens (primary N) is 1. The molecular weight excluding hydrogens is 294 g/mol. The van der Waals surface area contributed by atoms with E-state index in [4.69, 9.17) is 5.73 Å². The molecule has 122 valence electrons. The van der Waals surface area contributed by atoms with Gasteiger partial charge in [-0.15, -0.1) is 0 Å². The van der Waals surface area contributed by atoms with Gasteiger partial charge in [-0.05, 0) is 60.7 Å². The summed E-state index contributed by atoms with van der Waals surface area (Å²) in [6, 6.07) is 12.0. The van der Waals surface area contributed by atoms with Gasteiger partial charge >= 0.3 is 0 Å². The van der Waals surface area contributed by atoms with Gasteiger partial charge < -0.3 is 5.73 Å². The Hall–Kier alpha value is -1.78. The zero-order valence-corrected chi connectivity index (χ0v) is 13.3. The fourth-order valence-corrected chi connectivity index (χ4v) is 3.35. The number of benzene rings is 2. The summed E-state index contributed by atoms with van der Waals surface area (Å²) in [4.78, 5) is 2.36. The fourth-order valence-electron chi connectivity index (χ4n) is 3.35. The summed E-state index contributed by atoms with van der Waals surface area (Å²) in [5.41, 5.74) is 9.32. The van der Waals surface area contributed by atoms with Crippen LogP contribution in [0.2, 0.25) is 0 Å². The maximum atomic E-state index is 13.5. The Morgan fingerprint density at radius 3 is 2.48 bits per heavy atom. The molecule has 1 unspecified atom stereocenters. The predicted molar refractivity (Wildman–Crippen MR) is 88.1 cm³/mol. The average Bonchev–Trinajstić information content (AvgIpc) is 2.50. The molecule has 0 radical (unpaired) electrons. The Balaban J connectivity index is 1.83. The lowest BCUT2D eigenvalue weighted by Gasteiger charge is -2.38. The van der Waals surface area contributed by atoms with Crippen molar-refractivity contribution in [2.75, 3.05) is 6.54 Å². The van der Waals surface area contributed by atoms with E-state index in [1.807, 2.05) is 25.1 Å². The van der Waals surface area contributed by atoms with Crippen LogP contribution in [-0.2, 0) is 19.4 Å². The zero-order valence-electron chi connectivity index (χ0n) is 13.3. The molecule has 2 nitrogen and oxygen atoms in total. The van der Waals surface area contributed by atoms with Gasteiger partial charge in [-0.2, -0.15) is 0 Å². The summed E-state index contributed by atoms with van der Waals surface area (Å²) < 4.78 is 26.6. The standard InChI is InChI=1S/C19H22F2N2/c1-13(22)11-23-12-15-4-7-18(21)9-16(15)10-19(23)8-14-2-5-17(20)6-3-14/h2-7,9,13,19H,8,10-12,22H2,1H3/t13?,19-/m1/s1. The molecule has 2 aromatic carbocycles. The molecule has 3 rings (SSSR count). The number of rotatable bonds is 4. The molecule has 0 saturated carbocycles. The fraction of sp³-hybridized carbons (Fsp3) is 0.368. The van der Waals surface area contributed by atoms with E-state index in [9.17, 15) is 8.78 Å². The van der Waals surface area contributed by atoms with Crippen LogP contribution in [0.1, 0.15) is 23.6 Å². The molecule has 2 atom stereocenters. The van der Waals surface area contributed by atoms with Crippen molar-refractivity contribution in [3.05, 3.63) is 70.8 Å². The van der Waals surface area contributed by atoms with E-state index in [1.54, 1.807) is 6.07 Å². The van der Waals surface area contributed by atoms with E-state index in [2.05, 4.69) is 4.90 Å². The van der Waals surface area contributed by atoms with Gasteiger partial charge in [0.2, 0.25) is 0 Å². The van der Waals surface area contributed by atoms with Crippen LogP contribution in [0.25, 0.3) is 0 Å². The molecule has 0 spiro atoms. The largest absolute Gasteiger partial charge is 0.327 e. The maximum Gasteiger partial charge on any atom is 0.123 e. The van der Waals surface area contributed by atoms with Crippen LogP contribution in [0.4, 0.5) is 8.78 Å². The monoisotopic (exact) mass is 316 g/mol. The van der Waals surface area contributed by atoms with Crippen molar-refractivity contribution >= 4 is 0 Å². The summed E-state index contributed by atoms with van der Waals surface area (Å²) in [6.07, 6.45) is 1.60. The van der Waals surface area contributed by atoms with Crippen LogP contribution in [0, 0.1) is 11.6 Å². The minimum Gasteiger partial charge on any atom is -0.327 e. The van der Waals surface area contributed by atoms with E-state index in [0.717, 1.165) is 37.1 Å². The summed E-state index contributed by atoms with van der Waals surface area (Å²) >= 11 is 0. The predicted octanol–water partition coefficient (Wildman–Crippen LogP) is 3.28. The van der Waals surface area contributed by atoms with Gasteiger partial charge in [-0.1, -0.05) is 18.2 Å². The first kappa shape index (κ1) is 16.1. The highest BCUT2D eigenvalue weighted by Gasteiger charge is 2.27. The normalized spacial score (nSPS) is 19.4. The third-order valence-corrected chi connectivity index (χ3v) is 4.42. The number of nitrogens with zero attached hydrogens (tertiary/aromatic N) is 1. The molecule has 4 heteroatoms. The molecule has 2 N–H and O–H groups in total. The van der Waals surface area contributed by atoms with Crippen molar-refractivity contribution in [3.8, 4) is 0 Å². The molecule has 0 aliphatic carbocycles. The van der Waals surface area contributed by atoms with Gasteiger partial charge in [-0.3, -0.25) is 4.90 Å². The molecule has 1 heterocycles. The lowest BCUT2D eigenvalue weighted by Crippen LogP contribution is -2.46. The second-order valence-corrected chi connectivity index (χ2v) is 6.51. The van der Waals surface area contributed by atoms with Gasteiger partial charge in [-0.25, -0.2) is 8.78 Å². The lowest BCUT2D eigenvalue weighted by atomic mass is 9.90. The van der Waals surface area contributed by atoms with Crippen molar-refractivity contribution in [3.63, 3.8) is 0 Å². The van der Waals surface area contributed by atoms with Crippen LogP contribution >= 0.6 is 0 Å². The molecule has 2 aromatic rings. The van der Waals surface area contributed by atoms with Gasteiger partial charge in [0.05, 0.1) is 0 Å². The molecule has 0 saturated heterocycles. The molecule has 1 aliphatic rings. The van der Waals surface area contributed by atoms with Crippen molar-refractivity contribution in [2.24, 2.45) is 5.73 Å². The average molecular weight is 316 g/mol. The van der Waals surface area contributed by atoms with Gasteiger partial charge in [0.1, 0.15) is 11.6 Å². The van der Waals surface area contributed by atoms with Gasteiger partial charge in [0.15, 0.2) is 0 Å². The second kappa shape index (κ2) is 6.77. The van der Waals surface area contributed by atoms with Gasteiger partial charge in [0.25, 0.3) is 0 Å². The number of hydrogen-bond acceptors (Lipinski definition) is 2. The Kier molecular flexibility index (Phi) is 4.74. The van der Waals surface area contributed by atoms with E-state index < -0.39 is 0 Å². The Morgan fingerprint density at radius 2 is 1.78 bits per heavy atom. The highest BCUT2D eigenvalue weighted by Crippen LogP contribution is 2.26. The smallest absolute Gasteiger partial charge is 0.123 e. The number of fused-ring (bicyclic) bond motifs is 1. The summed E-state index contributed by atoms with van der Waals surface area (Å²) in [5.74, 6) is -0.415. The topological polar surface area (TPSA) is 29.3 Å². The summed E-state index contributed by atoms with van der Waals surface area (Å²) in [5, 5.41) is 0. The second-order valence-electron chi connectivity index (χ2n) is 6.51. The first-order valence-electron chi connectivity index (χ1n) is 8.02. The molecular formula is C19H22F2N2. The van der Waals surface area contributed by atoms with Crippen LogP contribution < -0.4 is 5.73 Å². The lowest BCUT2D eigenvalue weighted by molar-refractivity contribution is 0.162. The Labute approximate surface area is 135 Å². The van der Waals surface area contributed by atoms with Crippen molar-refractivity contribution < 1.29 is 8.78 Å². The van der Waals surface area contributed by atoms with Gasteiger partial charge in [0, 0.05) is 25.2 Å². The minimum absolute atomic E-state index is 0.0766. The first-order chi connectivity index (χ1) is 11.0. The number of hydrogen-bond donors (Lipinski definition) is 1. The summed E-state index contributed by atoms with van der Waals surface area (Å²) in [6.45, 7) is 3.57. The third-order valence-electron chi connectivity index (χ3n) is 4.42. The van der Waals surface area contributed by atoms with E-state index >= 15 is 0 Å². The zero-order chi connectivity index (χ0) is 16.4. The molecule has 0 fully saturated rings. The molecule has 0 amide bonds. The van der Waals surface area contributed by atoms with E-state index in [-0.39, 0.29) is 23.7 Å². The Morgan fingerprint density at radius 1 is 1.09 bits per heavy atom. The van der Waals surface area contributed by atoms with Crippen molar-refractivity contribution in [1.29, 1.82) is 0 Å². The summed E-state index contributed by atoms with van der Waals surface area (Å²) in [7, 11) is 0. The molecule has 0 aromatic heterocycles. The van der Waals surface area contributed by atoms with Crippen molar-refractivity contribution in [2.45, 2.75) is 38.4 Å². The van der Waals surface area contributed by atoms with Crippen LogP contribution in [-0.4, -0.2) is 23.5 Å².